The van der Waals surface area contributed by atoms with Crippen molar-refractivity contribution in [1.82, 2.24) is 0 Å². The molecule has 2 N–H and O–H groups in total. The lowest BCUT2D eigenvalue weighted by Crippen LogP contribution is -2.58. The van der Waals surface area contributed by atoms with Crippen LogP contribution in [0.5, 0.6) is 0 Å². The van der Waals surface area contributed by atoms with Crippen LogP contribution >= 0.6 is 9.47 Å². The summed E-state index contributed by atoms with van der Waals surface area (Å²) in [6.07, 6.45) is 9.73. The SMILES string of the molecule is C[C@H](CCC(=O)OP)[C@H]1CCC2C3C(CC[C@@]21C)[C@@]1(C)CC[C@@H](O)C[C@H]1C[C@H]3O. The van der Waals surface area contributed by atoms with Gasteiger partial charge < -0.3 is 14.7 Å². The fourth-order valence-corrected chi connectivity index (χ4v) is 8.90. The second-order valence-corrected chi connectivity index (χ2v) is 11.7. The van der Waals surface area contributed by atoms with Gasteiger partial charge in [-0.25, -0.2) is 0 Å². The molecule has 0 aromatic carbocycles. The molecule has 0 heterocycles. The zero-order valence-corrected chi connectivity index (χ0v) is 19.6. The molecule has 0 bridgehead atoms. The summed E-state index contributed by atoms with van der Waals surface area (Å²) in [5, 5.41) is 21.5. The molecule has 0 aliphatic heterocycles. The smallest absolute Gasteiger partial charge is 0.307 e. The number of carbonyl (C=O) groups excluding carboxylic acids is 1. The van der Waals surface area contributed by atoms with E-state index in [1.54, 1.807) is 0 Å². The lowest BCUT2D eigenvalue weighted by atomic mass is 9.43. The molecule has 166 valence electrons. The normalized spacial score (nSPS) is 50.2. The lowest BCUT2D eigenvalue weighted by molar-refractivity contribution is -0.174. The monoisotopic (exact) mass is 424 g/mol. The predicted octanol–water partition coefficient (Wildman–Crippen LogP) is 4.73. The van der Waals surface area contributed by atoms with E-state index in [1.165, 1.54) is 25.7 Å². The van der Waals surface area contributed by atoms with Crippen molar-refractivity contribution in [2.24, 2.45) is 46.3 Å². The molecule has 4 saturated carbocycles. The molecule has 0 aromatic rings. The Morgan fingerprint density at radius 2 is 1.76 bits per heavy atom. The van der Waals surface area contributed by atoms with Crippen molar-refractivity contribution >= 4 is 15.4 Å². The van der Waals surface area contributed by atoms with Crippen molar-refractivity contribution in [2.75, 3.05) is 0 Å². The topological polar surface area (TPSA) is 66.8 Å². The molecule has 4 aliphatic rings. The molecule has 4 rings (SSSR count). The van der Waals surface area contributed by atoms with Gasteiger partial charge in [-0.1, -0.05) is 20.8 Å². The summed E-state index contributed by atoms with van der Waals surface area (Å²) in [5.41, 5.74) is 0.570. The Kier molecular flexibility index (Phi) is 6.12. The number of rotatable bonds is 4. The van der Waals surface area contributed by atoms with E-state index in [1.807, 2.05) is 0 Å². The number of carbonyl (C=O) groups is 1. The standard InChI is InChI=1S/C24H41O4P/c1-14(4-7-21(27)28-29)17-5-6-18-22-19(9-11-24(17,18)3)23(2)10-8-16(25)12-15(23)13-20(22)26/h14-20,22,25-26H,4-13,29H2,1-3H3/t14-,15+,16-,17-,18?,19?,20-,22?,23+,24-/m1/s1. The minimum absolute atomic E-state index is 0.133. The average molecular weight is 425 g/mol. The van der Waals surface area contributed by atoms with Crippen LogP contribution in [-0.4, -0.2) is 28.4 Å². The second kappa shape index (κ2) is 8.06. The molecule has 0 amide bonds. The predicted molar refractivity (Wildman–Crippen MR) is 117 cm³/mol. The Morgan fingerprint density at radius 3 is 2.48 bits per heavy atom. The first-order valence-electron chi connectivity index (χ1n) is 12.0. The van der Waals surface area contributed by atoms with Crippen molar-refractivity contribution in [3.63, 3.8) is 0 Å². The van der Waals surface area contributed by atoms with Crippen LogP contribution in [0.15, 0.2) is 0 Å². The van der Waals surface area contributed by atoms with E-state index >= 15 is 0 Å². The molecule has 4 nitrogen and oxygen atoms in total. The summed E-state index contributed by atoms with van der Waals surface area (Å²) in [4.78, 5) is 11.6. The Bertz CT molecular complexity index is 626. The van der Waals surface area contributed by atoms with Crippen molar-refractivity contribution in [2.45, 2.75) is 97.2 Å². The van der Waals surface area contributed by atoms with Crippen LogP contribution in [0.3, 0.4) is 0 Å². The van der Waals surface area contributed by atoms with Gasteiger partial charge in [-0.05, 0) is 104 Å². The lowest BCUT2D eigenvalue weighted by Gasteiger charge is -2.62. The third kappa shape index (κ3) is 3.60. The molecule has 4 aliphatic carbocycles. The Morgan fingerprint density at radius 1 is 1.07 bits per heavy atom. The molecule has 29 heavy (non-hydrogen) atoms. The Balaban J connectivity index is 1.53. The molecule has 5 heteroatoms. The van der Waals surface area contributed by atoms with Crippen molar-refractivity contribution < 1.29 is 19.5 Å². The largest absolute Gasteiger partial charge is 0.452 e. The number of hydrogen-bond acceptors (Lipinski definition) is 4. The molecular weight excluding hydrogens is 383 g/mol. The molecule has 4 unspecified atom stereocenters. The van der Waals surface area contributed by atoms with Gasteiger partial charge in [0.25, 0.3) is 0 Å². The van der Waals surface area contributed by atoms with Crippen molar-refractivity contribution in [3.05, 3.63) is 0 Å². The molecule has 11 atom stereocenters. The van der Waals surface area contributed by atoms with E-state index < -0.39 is 0 Å². The fraction of sp³-hybridized carbons (Fsp3) is 0.958. The summed E-state index contributed by atoms with van der Waals surface area (Å²) >= 11 is 0. The minimum Gasteiger partial charge on any atom is -0.452 e. The van der Waals surface area contributed by atoms with E-state index in [0.717, 1.165) is 32.1 Å². The molecule has 4 fully saturated rings. The highest BCUT2D eigenvalue weighted by molar-refractivity contribution is 7.10. The first kappa shape index (κ1) is 22.0. The van der Waals surface area contributed by atoms with Gasteiger partial charge in [0.2, 0.25) is 0 Å². The van der Waals surface area contributed by atoms with Crippen LogP contribution in [0, 0.1) is 46.3 Å². The fourth-order valence-electron chi connectivity index (χ4n) is 8.78. The maximum Gasteiger partial charge on any atom is 0.307 e. The van der Waals surface area contributed by atoms with Crippen molar-refractivity contribution in [1.29, 1.82) is 0 Å². The first-order valence-corrected chi connectivity index (χ1v) is 12.4. The zero-order chi connectivity index (χ0) is 21.0. The minimum atomic E-state index is -0.214. The number of aliphatic hydroxyl groups is 2. The summed E-state index contributed by atoms with van der Waals surface area (Å²) in [6.45, 7) is 7.28. The maximum absolute atomic E-state index is 11.6. The molecule has 0 saturated heterocycles. The van der Waals surface area contributed by atoms with Crippen LogP contribution in [-0.2, 0) is 9.32 Å². The van der Waals surface area contributed by atoms with E-state index in [0.29, 0.717) is 41.9 Å². The highest BCUT2D eigenvalue weighted by Gasteiger charge is 2.62. The molecule has 0 spiro atoms. The number of fused-ring (bicyclic) bond motifs is 5. The van der Waals surface area contributed by atoms with Crippen LogP contribution in [0.1, 0.15) is 85.0 Å². The quantitative estimate of drug-likeness (QED) is 0.641. The van der Waals surface area contributed by atoms with Crippen LogP contribution in [0.2, 0.25) is 0 Å². The van der Waals surface area contributed by atoms with Crippen molar-refractivity contribution in [3.8, 4) is 0 Å². The summed E-state index contributed by atoms with van der Waals surface area (Å²) in [5.74, 6) is 3.10. The average Bonchev–Trinajstić information content (AvgIpc) is 3.04. The molecular formula is C24H41O4P. The molecule has 0 radical (unpaired) electrons. The van der Waals surface area contributed by atoms with Gasteiger partial charge in [0.05, 0.1) is 21.7 Å². The van der Waals surface area contributed by atoms with Gasteiger partial charge in [0, 0.05) is 6.42 Å². The van der Waals surface area contributed by atoms with E-state index in [4.69, 9.17) is 4.52 Å². The van der Waals surface area contributed by atoms with Gasteiger partial charge in [-0.3, -0.25) is 4.79 Å². The first-order chi connectivity index (χ1) is 13.7. The van der Waals surface area contributed by atoms with E-state index in [9.17, 15) is 15.0 Å². The van der Waals surface area contributed by atoms with Gasteiger partial charge in [-0.2, -0.15) is 0 Å². The van der Waals surface area contributed by atoms with Crippen LogP contribution < -0.4 is 0 Å². The summed E-state index contributed by atoms with van der Waals surface area (Å²) < 4.78 is 4.78. The van der Waals surface area contributed by atoms with Gasteiger partial charge in [-0.15, -0.1) is 0 Å². The summed E-state index contributed by atoms with van der Waals surface area (Å²) in [7, 11) is 2.07. The second-order valence-electron chi connectivity index (χ2n) is 11.5. The number of aliphatic hydroxyl groups excluding tert-OH is 2. The highest BCUT2D eigenvalue weighted by atomic mass is 31.0. The Hall–Kier alpha value is -0.180. The third-order valence-electron chi connectivity index (χ3n) is 10.4. The maximum atomic E-state index is 11.6. The molecule has 0 aromatic heterocycles. The van der Waals surface area contributed by atoms with Gasteiger partial charge in [0.15, 0.2) is 0 Å². The van der Waals surface area contributed by atoms with E-state index in [-0.39, 0.29) is 29.0 Å². The van der Waals surface area contributed by atoms with Crippen LogP contribution in [0.25, 0.3) is 0 Å². The number of hydrogen-bond donors (Lipinski definition) is 2. The van der Waals surface area contributed by atoms with Crippen LogP contribution in [0.4, 0.5) is 0 Å². The Labute approximate surface area is 178 Å². The van der Waals surface area contributed by atoms with Gasteiger partial charge in [0.1, 0.15) is 0 Å². The summed E-state index contributed by atoms with van der Waals surface area (Å²) in [6, 6.07) is 0. The zero-order valence-electron chi connectivity index (χ0n) is 18.5. The van der Waals surface area contributed by atoms with E-state index in [2.05, 4.69) is 30.2 Å². The highest BCUT2D eigenvalue weighted by Crippen LogP contribution is 2.68. The van der Waals surface area contributed by atoms with Gasteiger partial charge >= 0.3 is 5.97 Å². The third-order valence-corrected chi connectivity index (χ3v) is 10.6.